The minimum Gasteiger partial charge on any atom is -0.633 e. The van der Waals surface area contributed by atoms with Crippen molar-refractivity contribution in [2.75, 3.05) is 13.6 Å². The number of hydrogen-bond acceptors (Lipinski definition) is 4. The Balaban J connectivity index is 0.000000845. The van der Waals surface area contributed by atoms with Crippen molar-refractivity contribution < 1.29 is 25.1 Å². The van der Waals surface area contributed by atoms with Crippen LogP contribution in [-0.2, 0) is 11.8 Å². The van der Waals surface area contributed by atoms with Crippen LogP contribution in [0, 0.1) is 11.1 Å². The minimum atomic E-state index is -0.696. The molecule has 1 aromatic carbocycles. The minimum absolute atomic E-state index is 0. The number of aliphatic hydroxyl groups excluding tert-OH is 1. The molecule has 2 aliphatic carbocycles. The van der Waals surface area contributed by atoms with E-state index in [-0.39, 0.29) is 45.7 Å². The molecule has 5 rings (SSSR count). The van der Waals surface area contributed by atoms with Crippen LogP contribution in [0.3, 0.4) is 0 Å². The van der Waals surface area contributed by atoms with Crippen molar-refractivity contribution in [2.24, 2.45) is 5.92 Å². The fourth-order valence-corrected chi connectivity index (χ4v) is 5.39. The average molecular weight is 356 g/mol. The van der Waals surface area contributed by atoms with Crippen molar-refractivity contribution in [2.45, 2.75) is 36.5 Å². The third-order valence-corrected chi connectivity index (χ3v) is 6.38. The fourth-order valence-electron chi connectivity index (χ4n) is 5.39. The van der Waals surface area contributed by atoms with Gasteiger partial charge in [-0.15, -0.1) is 12.4 Å². The Morgan fingerprint density at radius 1 is 1.33 bits per heavy atom. The Hall–Kier alpha value is -1.31. The third-order valence-electron chi connectivity index (χ3n) is 6.38. The lowest BCUT2D eigenvalue weighted by atomic mass is 9.53. The maximum Gasteiger partial charge on any atom is 0.165 e. The van der Waals surface area contributed by atoms with Crippen LogP contribution in [0.2, 0.25) is 0 Å². The number of hydroxylamine groups is 3. The third kappa shape index (κ3) is 1.75. The van der Waals surface area contributed by atoms with Crippen LogP contribution in [0.4, 0.5) is 0 Å². The predicted molar refractivity (Wildman–Crippen MR) is 90.2 cm³/mol. The number of aromatic hydroxyl groups is 1. The summed E-state index contributed by atoms with van der Waals surface area (Å²) in [5.74, 6) is 0.722. The number of nitrogens with zero attached hydrogens (tertiary/aromatic N) is 1. The van der Waals surface area contributed by atoms with Gasteiger partial charge in [-0.25, -0.2) is 0 Å². The van der Waals surface area contributed by atoms with E-state index >= 15 is 0 Å². The summed E-state index contributed by atoms with van der Waals surface area (Å²) in [7, 11) is 1.76. The highest BCUT2D eigenvalue weighted by molar-refractivity contribution is 5.85. The number of halogens is 1. The van der Waals surface area contributed by atoms with E-state index in [0.29, 0.717) is 25.1 Å². The smallest absolute Gasteiger partial charge is 0.165 e. The number of hydrogen-bond donors (Lipinski definition) is 2. The van der Waals surface area contributed by atoms with Gasteiger partial charge in [0.15, 0.2) is 11.5 Å². The van der Waals surface area contributed by atoms with Gasteiger partial charge in [0.25, 0.3) is 0 Å². The van der Waals surface area contributed by atoms with Crippen molar-refractivity contribution in [3.05, 3.63) is 40.6 Å². The summed E-state index contributed by atoms with van der Waals surface area (Å²) < 4.78 is 5.79. The SMILES string of the molecule is C[N+]1([O-])CC[C@]23c4c5ccc(O)c4O[C@H]2[C@@H](O)C=C[C@H]3[C@H]1C5.Cl.O. The molecule has 2 heterocycles. The van der Waals surface area contributed by atoms with E-state index < -0.39 is 12.2 Å². The van der Waals surface area contributed by atoms with Gasteiger partial charge >= 0.3 is 0 Å². The van der Waals surface area contributed by atoms with Gasteiger partial charge in [0, 0.05) is 24.3 Å². The molecule has 1 aromatic rings. The Bertz CT molecular complexity index is 721. The van der Waals surface area contributed by atoms with Crippen molar-refractivity contribution in [1.29, 1.82) is 0 Å². The highest BCUT2D eigenvalue weighted by Crippen LogP contribution is 2.63. The summed E-state index contributed by atoms with van der Waals surface area (Å²) in [6.45, 7) is 0.524. The lowest BCUT2D eigenvalue weighted by molar-refractivity contribution is -0.898. The molecule has 132 valence electrons. The molecule has 0 saturated carbocycles. The largest absolute Gasteiger partial charge is 0.633 e. The monoisotopic (exact) mass is 355 g/mol. The summed E-state index contributed by atoms with van der Waals surface area (Å²) in [4.78, 5) is 0. The fraction of sp³-hybridized carbons (Fsp3) is 0.529. The first-order valence-electron chi connectivity index (χ1n) is 7.90. The van der Waals surface area contributed by atoms with Gasteiger partial charge in [-0.3, -0.25) is 0 Å². The molecule has 4 N–H and O–H groups in total. The van der Waals surface area contributed by atoms with E-state index in [0.717, 1.165) is 11.1 Å². The van der Waals surface area contributed by atoms with Crippen LogP contribution in [0.15, 0.2) is 24.3 Å². The molecule has 1 spiro atoms. The van der Waals surface area contributed by atoms with Crippen LogP contribution in [0.1, 0.15) is 17.5 Å². The molecular weight excluding hydrogens is 334 g/mol. The van der Waals surface area contributed by atoms with Gasteiger partial charge in [0.05, 0.1) is 25.0 Å². The molecule has 4 aliphatic rings. The van der Waals surface area contributed by atoms with Crippen molar-refractivity contribution in [3.8, 4) is 11.5 Å². The summed E-state index contributed by atoms with van der Waals surface area (Å²) in [5.41, 5.74) is 1.78. The molecule has 24 heavy (non-hydrogen) atoms. The summed E-state index contributed by atoms with van der Waals surface area (Å²) in [5, 5.41) is 33.6. The molecule has 0 aromatic heterocycles. The zero-order valence-corrected chi connectivity index (χ0v) is 14.1. The molecule has 1 saturated heterocycles. The molecule has 6 atom stereocenters. The van der Waals surface area contributed by atoms with Gasteiger partial charge in [-0.1, -0.05) is 18.2 Å². The number of phenols is 1. The molecule has 7 heteroatoms. The number of rotatable bonds is 0. The first-order valence-corrected chi connectivity index (χ1v) is 7.90. The van der Waals surface area contributed by atoms with Crippen molar-refractivity contribution in [1.82, 2.24) is 0 Å². The van der Waals surface area contributed by atoms with Crippen LogP contribution in [0.25, 0.3) is 0 Å². The molecular formula is C17H22ClNO5. The van der Waals surface area contributed by atoms with Crippen LogP contribution in [-0.4, -0.2) is 52.2 Å². The highest BCUT2D eigenvalue weighted by atomic mass is 35.5. The Labute approximate surface area is 146 Å². The predicted octanol–water partition coefficient (Wildman–Crippen LogP) is 0.808. The Kier molecular flexibility index (Phi) is 3.72. The van der Waals surface area contributed by atoms with Gasteiger partial charge in [0.1, 0.15) is 12.2 Å². The second-order valence-corrected chi connectivity index (χ2v) is 7.35. The number of likely N-dealkylation sites (N-methyl/N-ethyl adjacent to an activating group) is 1. The number of phenolic OH excluding ortho intramolecular Hbond substituents is 1. The summed E-state index contributed by atoms with van der Waals surface area (Å²) in [6, 6.07) is 3.51. The van der Waals surface area contributed by atoms with Crippen LogP contribution in [0.5, 0.6) is 11.5 Å². The topological polar surface area (TPSA) is 104 Å². The Morgan fingerprint density at radius 3 is 2.83 bits per heavy atom. The van der Waals surface area contributed by atoms with E-state index in [1.165, 1.54) is 0 Å². The van der Waals surface area contributed by atoms with Gasteiger partial charge in [0.2, 0.25) is 0 Å². The molecule has 6 nitrogen and oxygen atoms in total. The van der Waals surface area contributed by atoms with Crippen LogP contribution < -0.4 is 4.74 Å². The normalized spacial score (nSPS) is 43.1. The molecule has 1 unspecified atom stereocenters. The summed E-state index contributed by atoms with van der Waals surface area (Å²) in [6.07, 6.45) is 4.07. The van der Waals surface area contributed by atoms with Crippen molar-refractivity contribution in [3.63, 3.8) is 0 Å². The second-order valence-electron chi connectivity index (χ2n) is 7.35. The van der Waals surface area contributed by atoms with E-state index in [1.54, 1.807) is 19.2 Å². The number of piperidine rings is 1. The molecule has 1 fully saturated rings. The maximum atomic E-state index is 12.9. The Morgan fingerprint density at radius 2 is 2.08 bits per heavy atom. The second kappa shape index (κ2) is 5.09. The number of aliphatic hydroxyl groups is 1. The van der Waals surface area contributed by atoms with E-state index in [4.69, 9.17) is 4.74 Å². The number of likely N-dealkylation sites (tertiary alicyclic amines) is 1. The molecule has 2 bridgehead atoms. The molecule has 2 aliphatic heterocycles. The van der Waals surface area contributed by atoms with Gasteiger partial charge in [-0.2, -0.15) is 0 Å². The summed E-state index contributed by atoms with van der Waals surface area (Å²) >= 11 is 0. The van der Waals surface area contributed by atoms with E-state index in [9.17, 15) is 15.4 Å². The standard InChI is InChI=1S/C17H19NO4.ClH.H2O/c1-18(21)7-6-17-10-3-5-13(20)16(17)22-15-12(19)4-2-9(14(15)17)8-11(10)18;;/h2-5,10-11,13,16,19-20H,6-8H2,1H3;1H;1H2/t10-,11+,13-,16-,17-,18?;;/m0../s1. The van der Waals surface area contributed by atoms with Crippen LogP contribution >= 0.6 is 12.4 Å². The highest BCUT2D eigenvalue weighted by Gasteiger charge is 2.66. The molecule has 0 amide bonds. The van der Waals surface area contributed by atoms with Crippen molar-refractivity contribution >= 4 is 12.4 Å². The lowest BCUT2D eigenvalue weighted by Crippen LogP contribution is -2.69. The zero-order valence-electron chi connectivity index (χ0n) is 13.3. The quantitative estimate of drug-likeness (QED) is 0.408. The molecule has 0 radical (unpaired) electrons. The van der Waals surface area contributed by atoms with E-state index in [1.807, 2.05) is 12.1 Å². The first kappa shape index (κ1) is 17.5. The van der Waals surface area contributed by atoms with E-state index in [2.05, 4.69) is 0 Å². The zero-order chi connectivity index (χ0) is 15.3. The average Bonchev–Trinajstić information content (AvgIpc) is 2.84. The maximum absolute atomic E-state index is 12.9. The lowest BCUT2D eigenvalue weighted by Gasteiger charge is -2.61. The van der Waals surface area contributed by atoms with Gasteiger partial charge < -0.3 is 30.3 Å². The van der Waals surface area contributed by atoms with Gasteiger partial charge in [-0.05, 0) is 11.6 Å². The number of ether oxygens (including phenoxy) is 1. The number of quaternary nitrogens is 1. The first-order chi connectivity index (χ1) is 10.4. The number of benzene rings is 1.